The van der Waals surface area contributed by atoms with E-state index in [-0.39, 0.29) is 5.91 Å². The lowest BCUT2D eigenvalue weighted by molar-refractivity contribution is -0.132. The molecule has 0 atom stereocenters. The predicted octanol–water partition coefficient (Wildman–Crippen LogP) is 5.01. The van der Waals surface area contributed by atoms with E-state index in [4.69, 9.17) is 10.3 Å². The molecular weight excluding hydrogens is 458 g/mol. The fourth-order valence-electron chi connectivity index (χ4n) is 4.57. The van der Waals surface area contributed by atoms with Gasteiger partial charge in [-0.25, -0.2) is 10.5 Å². The van der Waals surface area contributed by atoms with Crippen LogP contribution in [0.5, 0.6) is 5.75 Å². The van der Waals surface area contributed by atoms with Crippen molar-refractivity contribution in [2.75, 3.05) is 30.3 Å². The summed E-state index contributed by atoms with van der Waals surface area (Å²) < 4.78 is 7.78. The topological polar surface area (TPSA) is 133 Å². The molecule has 3 N–H and O–H groups in total. The molecular formula is C25H31N9O2. The Kier molecular flexibility index (Phi) is 7.34. The second kappa shape index (κ2) is 11.1. The van der Waals surface area contributed by atoms with Crippen LogP contribution in [0.15, 0.2) is 48.0 Å². The minimum Gasteiger partial charge on any atom is -0.494 e. The number of rotatable bonds is 1. The minimum absolute atomic E-state index is 0.255. The Morgan fingerprint density at radius 2 is 1.81 bits per heavy atom. The number of anilines is 4. The van der Waals surface area contributed by atoms with Gasteiger partial charge in [-0.1, -0.05) is 0 Å². The van der Waals surface area contributed by atoms with E-state index in [1.807, 2.05) is 40.0 Å². The van der Waals surface area contributed by atoms with Crippen molar-refractivity contribution in [1.82, 2.24) is 24.6 Å². The van der Waals surface area contributed by atoms with Gasteiger partial charge in [0.25, 0.3) is 0 Å². The van der Waals surface area contributed by atoms with E-state index in [0.29, 0.717) is 36.4 Å². The Morgan fingerprint density at radius 1 is 1.00 bits per heavy atom. The molecule has 11 nitrogen and oxygen atoms in total. The molecule has 7 heterocycles. The lowest BCUT2D eigenvalue weighted by Gasteiger charge is -2.32. The first kappa shape index (κ1) is 23.7. The first-order valence-corrected chi connectivity index (χ1v) is 12.5. The van der Waals surface area contributed by atoms with E-state index in [0.717, 1.165) is 68.9 Å². The Labute approximate surface area is 209 Å². The molecule has 8 bridgehead atoms. The van der Waals surface area contributed by atoms with Gasteiger partial charge in [-0.2, -0.15) is 15.2 Å². The molecule has 0 spiro atoms. The van der Waals surface area contributed by atoms with Crippen LogP contribution in [0.3, 0.4) is 0 Å². The Bertz CT molecular complexity index is 1190. The molecule has 3 aromatic rings. The fraction of sp³-hybridized carbons (Fsp3) is 0.440. The molecule has 1 amide bonds. The average Bonchev–Trinajstić information content (AvgIpc) is 3.35. The molecule has 8 rings (SSSR count). The van der Waals surface area contributed by atoms with Gasteiger partial charge in [0.15, 0.2) is 5.82 Å². The van der Waals surface area contributed by atoms with Crippen molar-refractivity contribution in [1.29, 1.82) is 5.53 Å². The maximum atomic E-state index is 12.6. The minimum atomic E-state index is 0.255. The number of piperidine rings is 1. The van der Waals surface area contributed by atoms with E-state index >= 15 is 0 Å². The number of aryl methyl sites for hydroxylation is 1. The van der Waals surface area contributed by atoms with Crippen molar-refractivity contribution >= 4 is 34.7 Å². The highest BCUT2D eigenvalue weighted by atomic mass is 16.5. The first-order valence-electron chi connectivity index (χ1n) is 12.5. The van der Waals surface area contributed by atoms with Crippen molar-refractivity contribution in [3.8, 4) is 5.75 Å². The Morgan fingerprint density at radius 3 is 2.61 bits per heavy atom. The molecule has 5 aliphatic heterocycles. The van der Waals surface area contributed by atoms with Gasteiger partial charge in [0.2, 0.25) is 11.9 Å². The normalized spacial score (nSPS) is 17.6. The zero-order valence-corrected chi connectivity index (χ0v) is 20.2. The van der Waals surface area contributed by atoms with E-state index < -0.39 is 0 Å². The van der Waals surface area contributed by atoms with Gasteiger partial charge in [-0.05, 0) is 62.3 Å². The molecule has 36 heavy (non-hydrogen) atoms. The second-order valence-electron chi connectivity index (χ2n) is 9.22. The fourth-order valence-corrected chi connectivity index (χ4v) is 4.57. The van der Waals surface area contributed by atoms with Crippen molar-refractivity contribution in [3.05, 3.63) is 42.9 Å². The van der Waals surface area contributed by atoms with E-state index in [9.17, 15) is 4.79 Å². The van der Waals surface area contributed by atoms with Gasteiger partial charge >= 0.3 is 0 Å². The number of aromatic nitrogens is 4. The summed E-state index contributed by atoms with van der Waals surface area (Å²) in [6.45, 7) is 3.07. The van der Waals surface area contributed by atoms with Gasteiger partial charge in [-0.15, -0.1) is 0 Å². The monoisotopic (exact) mass is 489 g/mol. The van der Waals surface area contributed by atoms with Crippen LogP contribution in [0, 0.1) is 11.4 Å². The molecule has 188 valence electrons. The number of amides is 1. The van der Waals surface area contributed by atoms with Crippen molar-refractivity contribution in [2.45, 2.75) is 45.1 Å². The molecule has 0 saturated carbocycles. The zero-order chi connectivity index (χ0) is 24.7. The molecule has 0 aliphatic carbocycles. The molecule has 2 aromatic heterocycles. The Hall–Kier alpha value is -4.02. The zero-order valence-electron chi connectivity index (χ0n) is 20.2. The van der Waals surface area contributed by atoms with Crippen molar-refractivity contribution in [2.24, 2.45) is 11.0 Å². The summed E-state index contributed by atoms with van der Waals surface area (Å²) in [5.74, 6) is 2.42. The maximum absolute atomic E-state index is 12.6. The lowest BCUT2D eigenvalue weighted by Crippen LogP contribution is -2.38. The summed E-state index contributed by atoms with van der Waals surface area (Å²) in [7, 11) is 0. The SMILES string of the molecule is N=Nc1cnc2nc1Nc1ccc(cc1)OCCCCC(=O)N1CCC(CC1)CCn1cc(cn1)N2. The molecule has 0 unspecified atom stereocenters. The summed E-state index contributed by atoms with van der Waals surface area (Å²) in [6.07, 6.45) is 10.5. The summed E-state index contributed by atoms with van der Waals surface area (Å²) in [5.41, 5.74) is 9.37. The van der Waals surface area contributed by atoms with Crippen molar-refractivity contribution < 1.29 is 9.53 Å². The number of hydrogen-bond donors (Lipinski definition) is 3. The van der Waals surface area contributed by atoms with Crippen LogP contribution < -0.4 is 15.4 Å². The van der Waals surface area contributed by atoms with Gasteiger partial charge in [-0.3, -0.25) is 9.48 Å². The summed E-state index contributed by atoms with van der Waals surface area (Å²) >= 11 is 0. The van der Waals surface area contributed by atoms with Gasteiger partial charge in [0.1, 0.15) is 11.4 Å². The van der Waals surface area contributed by atoms with E-state index in [2.05, 4.69) is 30.8 Å². The number of nitrogens with zero attached hydrogens (tertiary/aromatic N) is 6. The summed E-state index contributed by atoms with van der Waals surface area (Å²) in [6, 6.07) is 7.52. The van der Waals surface area contributed by atoms with Crippen molar-refractivity contribution in [3.63, 3.8) is 0 Å². The largest absolute Gasteiger partial charge is 0.494 e. The number of hydrogen-bond acceptors (Lipinski definition) is 9. The van der Waals surface area contributed by atoms with Crippen LogP contribution >= 0.6 is 0 Å². The van der Waals surface area contributed by atoms with Crippen LogP contribution in [-0.2, 0) is 11.3 Å². The highest BCUT2D eigenvalue weighted by Gasteiger charge is 2.22. The third-order valence-corrected chi connectivity index (χ3v) is 6.68. The van der Waals surface area contributed by atoms with Crippen LogP contribution in [0.25, 0.3) is 0 Å². The number of ether oxygens (including phenoxy) is 1. The van der Waals surface area contributed by atoms with Gasteiger partial charge < -0.3 is 20.3 Å². The molecule has 11 heteroatoms. The highest BCUT2D eigenvalue weighted by Crippen LogP contribution is 2.28. The highest BCUT2D eigenvalue weighted by molar-refractivity contribution is 5.76. The number of carbonyl (C=O) groups is 1. The van der Waals surface area contributed by atoms with Gasteiger partial charge in [0.05, 0.1) is 24.7 Å². The van der Waals surface area contributed by atoms with Crippen LogP contribution in [-0.4, -0.2) is 50.3 Å². The number of nitrogens with one attached hydrogen (secondary N) is 3. The average molecular weight is 490 g/mol. The van der Waals surface area contributed by atoms with E-state index in [1.54, 1.807) is 6.20 Å². The number of carbonyl (C=O) groups excluding carboxylic acids is 1. The molecule has 0 radical (unpaired) electrons. The summed E-state index contributed by atoms with van der Waals surface area (Å²) in [4.78, 5) is 23.4. The Balaban J connectivity index is 1.33. The smallest absolute Gasteiger partial charge is 0.229 e. The lowest BCUT2D eigenvalue weighted by atomic mass is 9.93. The maximum Gasteiger partial charge on any atom is 0.229 e. The van der Waals surface area contributed by atoms with Crippen LogP contribution in [0.4, 0.5) is 28.8 Å². The molecule has 1 fully saturated rings. The summed E-state index contributed by atoms with van der Waals surface area (Å²) in [5, 5.41) is 14.4. The third-order valence-electron chi connectivity index (χ3n) is 6.68. The van der Waals surface area contributed by atoms with Crippen LogP contribution in [0.1, 0.15) is 38.5 Å². The predicted molar refractivity (Wildman–Crippen MR) is 135 cm³/mol. The van der Waals surface area contributed by atoms with Crippen LogP contribution in [0.2, 0.25) is 0 Å². The molecule has 5 aliphatic rings. The molecule has 1 aromatic carbocycles. The van der Waals surface area contributed by atoms with Gasteiger partial charge in [0, 0.05) is 37.9 Å². The standard InChI is InChI=1S/C25H31N9O2/c26-32-22-16-27-25-30-20-15-28-34(17-20)13-10-18-8-11-33(12-9-18)23(35)3-1-2-14-36-21-6-4-19(5-7-21)29-24(22)31-25/h4-7,15-18,26H,1-3,8-14H2,(H2,27,29,30,31). The van der Waals surface area contributed by atoms with E-state index in [1.165, 1.54) is 6.20 Å². The third kappa shape index (κ3) is 5.96. The quantitative estimate of drug-likeness (QED) is 0.409. The first-order chi connectivity index (χ1) is 17.7. The number of benzene rings is 1. The molecule has 1 saturated heterocycles. The second-order valence-corrected chi connectivity index (χ2v) is 9.22.